The first-order valence-corrected chi connectivity index (χ1v) is 7.19. The molecule has 0 saturated heterocycles. The summed E-state index contributed by atoms with van der Waals surface area (Å²) in [6.07, 6.45) is 5.52. The van der Waals surface area contributed by atoms with Crippen LogP contribution in [-0.4, -0.2) is 17.8 Å². The Balaban J connectivity index is 2.14. The molecule has 0 saturated carbocycles. The number of benzene rings is 1. The summed E-state index contributed by atoms with van der Waals surface area (Å²) in [4.78, 5) is 0. The molecule has 0 heterocycles. The maximum absolute atomic E-state index is 9.79. The highest BCUT2D eigenvalue weighted by atomic mass is 79.9. The first-order chi connectivity index (χ1) is 8.22. The number of hydrogen-bond donors (Lipinski definition) is 2. The van der Waals surface area contributed by atoms with Gasteiger partial charge in [0.1, 0.15) is 0 Å². The molecule has 0 spiro atoms. The maximum atomic E-state index is 9.79. The molecule has 0 aromatic heterocycles. The number of rotatable bonds is 8. The molecule has 1 aromatic rings. The predicted molar refractivity (Wildman–Crippen MR) is 77.4 cm³/mol. The third-order valence-electron chi connectivity index (χ3n) is 2.78. The molecule has 2 N–H and O–H groups in total. The van der Waals surface area contributed by atoms with E-state index >= 15 is 0 Å². The summed E-state index contributed by atoms with van der Waals surface area (Å²) in [5.74, 6) is 0. The van der Waals surface area contributed by atoms with Gasteiger partial charge in [-0.2, -0.15) is 0 Å². The SMILES string of the molecule is CCCCCC[C@@H](O)CNc1ccc(Br)cc1. The summed E-state index contributed by atoms with van der Waals surface area (Å²) in [5.41, 5.74) is 1.06. The zero-order valence-corrected chi connectivity index (χ0v) is 12.0. The Morgan fingerprint density at radius 3 is 2.53 bits per heavy atom. The van der Waals surface area contributed by atoms with Crippen LogP contribution in [-0.2, 0) is 0 Å². The van der Waals surface area contributed by atoms with Gasteiger partial charge in [0.05, 0.1) is 6.10 Å². The summed E-state index contributed by atoms with van der Waals surface area (Å²) >= 11 is 3.40. The standard InChI is InChI=1S/C14H22BrNO/c1-2-3-4-5-6-14(17)11-16-13-9-7-12(15)8-10-13/h7-10,14,16-17H,2-6,11H2,1H3/t14-/m1/s1. The molecule has 2 nitrogen and oxygen atoms in total. The third kappa shape index (κ3) is 6.69. The normalized spacial score (nSPS) is 12.4. The van der Waals surface area contributed by atoms with E-state index in [0.29, 0.717) is 6.54 Å². The minimum absolute atomic E-state index is 0.240. The van der Waals surface area contributed by atoms with E-state index in [1.807, 2.05) is 24.3 Å². The summed E-state index contributed by atoms with van der Waals surface area (Å²) < 4.78 is 1.07. The molecule has 1 rings (SSSR count). The number of hydrogen-bond acceptors (Lipinski definition) is 2. The molecule has 0 radical (unpaired) electrons. The molecule has 3 heteroatoms. The Bertz CT molecular complexity index is 300. The smallest absolute Gasteiger partial charge is 0.0712 e. The summed E-state index contributed by atoms with van der Waals surface area (Å²) in [6.45, 7) is 2.83. The van der Waals surface area contributed by atoms with Crippen molar-refractivity contribution in [3.63, 3.8) is 0 Å². The zero-order chi connectivity index (χ0) is 12.5. The highest BCUT2D eigenvalue weighted by Crippen LogP contribution is 2.14. The first-order valence-electron chi connectivity index (χ1n) is 6.40. The number of nitrogens with one attached hydrogen (secondary N) is 1. The Morgan fingerprint density at radius 1 is 1.18 bits per heavy atom. The van der Waals surface area contributed by atoms with Gasteiger partial charge >= 0.3 is 0 Å². The molecule has 1 atom stereocenters. The van der Waals surface area contributed by atoms with Gasteiger partial charge in [-0.3, -0.25) is 0 Å². The van der Waals surface area contributed by atoms with E-state index in [1.54, 1.807) is 0 Å². The highest BCUT2D eigenvalue weighted by Gasteiger charge is 2.03. The second-order valence-electron chi connectivity index (χ2n) is 4.39. The summed E-state index contributed by atoms with van der Waals surface area (Å²) in [6, 6.07) is 8.01. The molecule has 1 aromatic carbocycles. The van der Waals surface area contributed by atoms with Gasteiger partial charge in [0.15, 0.2) is 0 Å². The zero-order valence-electron chi connectivity index (χ0n) is 10.5. The Labute approximate surface area is 113 Å². The lowest BCUT2D eigenvalue weighted by molar-refractivity contribution is 0.173. The van der Waals surface area contributed by atoms with Crippen LogP contribution in [0.25, 0.3) is 0 Å². The van der Waals surface area contributed by atoms with Crippen molar-refractivity contribution in [2.45, 2.75) is 45.1 Å². The van der Waals surface area contributed by atoms with Crippen molar-refractivity contribution in [3.05, 3.63) is 28.7 Å². The van der Waals surface area contributed by atoms with E-state index < -0.39 is 0 Å². The van der Waals surface area contributed by atoms with Crippen LogP contribution in [0.1, 0.15) is 39.0 Å². The Hall–Kier alpha value is -0.540. The molecule has 0 aliphatic rings. The maximum Gasteiger partial charge on any atom is 0.0712 e. The molecular weight excluding hydrogens is 278 g/mol. The van der Waals surface area contributed by atoms with Crippen molar-refractivity contribution in [2.75, 3.05) is 11.9 Å². The van der Waals surface area contributed by atoms with Crippen molar-refractivity contribution < 1.29 is 5.11 Å². The number of unbranched alkanes of at least 4 members (excludes halogenated alkanes) is 3. The van der Waals surface area contributed by atoms with Crippen LogP contribution in [0.3, 0.4) is 0 Å². The van der Waals surface area contributed by atoms with E-state index in [2.05, 4.69) is 28.2 Å². The molecule has 0 aliphatic heterocycles. The quantitative estimate of drug-likeness (QED) is 0.705. The molecule has 0 bridgehead atoms. The minimum atomic E-state index is -0.240. The van der Waals surface area contributed by atoms with Crippen LogP contribution in [0, 0.1) is 0 Å². The molecule has 0 fully saturated rings. The van der Waals surface area contributed by atoms with Crippen molar-refractivity contribution in [2.24, 2.45) is 0 Å². The van der Waals surface area contributed by atoms with Gasteiger partial charge in [0.2, 0.25) is 0 Å². The molecule has 0 unspecified atom stereocenters. The van der Waals surface area contributed by atoms with Crippen molar-refractivity contribution >= 4 is 21.6 Å². The monoisotopic (exact) mass is 299 g/mol. The van der Waals surface area contributed by atoms with Gasteiger partial charge in [-0.05, 0) is 30.7 Å². The van der Waals surface area contributed by atoms with Crippen molar-refractivity contribution in [3.8, 4) is 0 Å². The van der Waals surface area contributed by atoms with Gasteiger partial charge in [0, 0.05) is 16.7 Å². The fourth-order valence-electron chi connectivity index (χ4n) is 1.71. The van der Waals surface area contributed by atoms with E-state index in [4.69, 9.17) is 0 Å². The second-order valence-corrected chi connectivity index (χ2v) is 5.31. The van der Waals surface area contributed by atoms with Crippen LogP contribution in [0.4, 0.5) is 5.69 Å². The Morgan fingerprint density at radius 2 is 1.88 bits per heavy atom. The lowest BCUT2D eigenvalue weighted by atomic mass is 10.1. The lowest BCUT2D eigenvalue weighted by Crippen LogP contribution is -2.19. The second kappa shape index (κ2) is 8.54. The topological polar surface area (TPSA) is 32.3 Å². The fraction of sp³-hybridized carbons (Fsp3) is 0.571. The molecule has 0 amide bonds. The minimum Gasteiger partial charge on any atom is -0.391 e. The molecular formula is C14H22BrNO. The van der Waals surface area contributed by atoms with Crippen LogP contribution < -0.4 is 5.32 Å². The lowest BCUT2D eigenvalue weighted by Gasteiger charge is -2.12. The third-order valence-corrected chi connectivity index (χ3v) is 3.31. The van der Waals surface area contributed by atoms with Gasteiger partial charge in [0.25, 0.3) is 0 Å². The van der Waals surface area contributed by atoms with Crippen molar-refractivity contribution in [1.82, 2.24) is 0 Å². The van der Waals surface area contributed by atoms with Gasteiger partial charge in [-0.1, -0.05) is 48.5 Å². The van der Waals surface area contributed by atoms with Crippen LogP contribution in [0.2, 0.25) is 0 Å². The largest absolute Gasteiger partial charge is 0.391 e. The summed E-state index contributed by atoms with van der Waals surface area (Å²) in [7, 11) is 0. The molecule has 17 heavy (non-hydrogen) atoms. The first kappa shape index (κ1) is 14.5. The van der Waals surface area contributed by atoms with Gasteiger partial charge < -0.3 is 10.4 Å². The van der Waals surface area contributed by atoms with Crippen LogP contribution >= 0.6 is 15.9 Å². The van der Waals surface area contributed by atoms with Crippen LogP contribution in [0.5, 0.6) is 0 Å². The predicted octanol–water partition coefficient (Wildman–Crippen LogP) is 4.19. The van der Waals surface area contributed by atoms with E-state index in [-0.39, 0.29) is 6.10 Å². The van der Waals surface area contributed by atoms with E-state index in [0.717, 1.165) is 23.0 Å². The van der Waals surface area contributed by atoms with Crippen molar-refractivity contribution in [1.29, 1.82) is 0 Å². The van der Waals surface area contributed by atoms with Crippen LogP contribution in [0.15, 0.2) is 28.7 Å². The average Bonchev–Trinajstić information content (AvgIpc) is 2.34. The average molecular weight is 300 g/mol. The summed E-state index contributed by atoms with van der Waals surface area (Å²) in [5, 5.41) is 13.0. The fourth-order valence-corrected chi connectivity index (χ4v) is 1.98. The molecule has 96 valence electrons. The van der Waals surface area contributed by atoms with Gasteiger partial charge in [-0.25, -0.2) is 0 Å². The van der Waals surface area contributed by atoms with Gasteiger partial charge in [-0.15, -0.1) is 0 Å². The highest BCUT2D eigenvalue weighted by molar-refractivity contribution is 9.10. The number of anilines is 1. The number of aliphatic hydroxyl groups is 1. The number of halogens is 1. The Kier molecular flexibility index (Phi) is 7.29. The van der Waals surface area contributed by atoms with E-state index in [9.17, 15) is 5.11 Å². The number of aliphatic hydroxyl groups excluding tert-OH is 1. The molecule has 0 aliphatic carbocycles. The van der Waals surface area contributed by atoms with E-state index in [1.165, 1.54) is 19.3 Å².